The Morgan fingerprint density at radius 2 is 1.89 bits per heavy atom. The minimum absolute atomic E-state index is 0.0268. The van der Waals surface area contributed by atoms with E-state index in [9.17, 15) is 23.3 Å². The molecule has 0 aromatic heterocycles. The molecule has 2 amide bonds. The molecule has 1 aliphatic heterocycles. The lowest BCUT2D eigenvalue weighted by molar-refractivity contribution is -0.118. The van der Waals surface area contributed by atoms with Crippen LogP contribution in [0.3, 0.4) is 0 Å². The van der Waals surface area contributed by atoms with Crippen LogP contribution in [0.5, 0.6) is 0 Å². The standard InChI is InChI=1S/C23H25ClN6O4S/c1-3-15-4-6-16(7-5-15)20(13-25)27-23(32)21-14-30(29-28-21)11-10-26-22(31)18-9-8-17(12-19(18)24)35(2,33)34/h4-9,12,14,20,28-29H,3,10-11H2,1-2H3,(H,26,31)(H,27,32). The van der Waals surface area contributed by atoms with Gasteiger partial charge < -0.3 is 10.6 Å². The minimum atomic E-state index is -3.43. The number of benzene rings is 2. The number of rotatable bonds is 9. The van der Waals surface area contributed by atoms with Crippen LogP contribution < -0.4 is 21.6 Å². The highest BCUT2D eigenvalue weighted by Gasteiger charge is 2.22. The molecule has 0 aliphatic carbocycles. The molecule has 1 unspecified atom stereocenters. The first-order valence-corrected chi connectivity index (χ1v) is 13.0. The number of nitriles is 1. The Labute approximate surface area is 208 Å². The Balaban J connectivity index is 1.52. The van der Waals surface area contributed by atoms with Crippen LogP contribution in [0.25, 0.3) is 0 Å². The Bertz CT molecular complexity index is 1290. The molecule has 0 radical (unpaired) electrons. The summed E-state index contributed by atoms with van der Waals surface area (Å²) < 4.78 is 23.2. The van der Waals surface area contributed by atoms with Gasteiger partial charge in [0.1, 0.15) is 11.7 Å². The lowest BCUT2D eigenvalue weighted by Gasteiger charge is -2.15. The quantitative estimate of drug-likeness (QED) is 0.393. The van der Waals surface area contributed by atoms with Crippen LogP contribution >= 0.6 is 11.6 Å². The van der Waals surface area contributed by atoms with Gasteiger partial charge in [-0.05, 0) is 35.7 Å². The van der Waals surface area contributed by atoms with Crippen LogP contribution in [0.4, 0.5) is 0 Å². The molecular formula is C23H25ClN6O4S. The van der Waals surface area contributed by atoms with Gasteiger partial charge in [-0.2, -0.15) is 5.26 Å². The van der Waals surface area contributed by atoms with Gasteiger partial charge in [0.2, 0.25) is 0 Å². The van der Waals surface area contributed by atoms with Crippen molar-refractivity contribution >= 4 is 33.3 Å². The first kappa shape index (κ1) is 26.0. The van der Waals surface area contributed by atoms with Crippen molar-refractivity contribution in [3.63, 3.8) is 0 Å². The average molecular weight is 517 g/mol. The van der Waals surface area contributed by atoms with E-state index in [-0.39, 0.29) is 27.7 Å². The molecule has 0 spiro atoms. The Kier molecular flexibility index (Phi) is 8.34. The van der Waals surface area contributed by atoms with E-state index in [0.29, 0.717) is 12.1 Å². The zero-order chi connectivity index (χ0) is 25.6. The highest BCUT2D eigenvalue weighted by molar-refractivity contribution is 7.90. The lowest BCUT2D eigenvalue weighted by Crippen LogP contribution is -2.42. The molecule has 1 atom stereocenters. The third-order valence-corrected chi connectivity index (χ3v) is 6.66. The van der Waals surface area contributed by atoms with Crippen molar-refractivity contribution in [1.29, 1.82) is 5.26 Å². The maximum Gasteiger partial charge on any atom is 0.271 e. The number of amides is 2. The summed E-state index contributed by atoms with van der Waals surface area (Å²) in [6, 6.07) is 12.7. The van der Waals surface area contributed by atoms with Gasteiger partial charge in [-0.25, -0.2) is 8.42 Å². The number of nitrogens with one attached hydrogen (secondary N) is 4. The molecule has 35 heavy (non-hydrogen) atoms. The second-order valence-electron chi connectivity index (χ2n) is 7.77. The third-order valence-electron chi connectivity index (χ3n) is 5.24. The maximum absolute atomic E-state index is 12.6. The number of hydrogen-bond acceptors (Lipinski definition) is 8. The van der Waals surface area contributed by atoms with Crippen LogP contribution in [0.15, 0.2) is 59.3 Å². The fraction of sp³-hybridized carbons (Fsp3) is 0.261. The Hall–Kier alpha value is -3.59. The van der Waals surface area contributed by atoms with Crippen LogP contribution in [0.1, 0.15) is 34.5 Å². The van der Waals surface area contributed by atoms with Crippen molar-refractivity contribution in [2.75, 3.05) is 19.3 Å². The van der Waals surface area contributed by atoms with Gasteiger partial charge in [0.05, 0.1) is 28.1 Å². The molecule has 184 valence electrons. The average Bonchev–Trinajstić information content (AvgIpc) is 3.31. The fourth-order valence-electron chi connectivity index (χ4n) is 3.23. The zero-order valence-electron chi connectivity index (χ0n) is 19.1. The summed E-state index contributed by atoms with van der Waals surface area (Å²) in [5, 5.41) is 16.4. The zero-order valence-corrected chi connectivity index (χ0v) is 20.7. The summed E-state index contributed by atoms with van der Waals surface area (Å²) in [5.74, 6) is -0.928. The predicted octanol–water partition coefficient (Wildman–Crippen LogP) is 1.58. The van der Waals surface area contributed by atoms with Crippen molar-refractivity contribution in [3.05, 3.63) is 76.1 Å². The summed E-state index contributed by atoms with van der Waals surface area (Å²) >= 11 is 6.07. The van der Waals surface area contributed by atoms with E-state index in [4.69, 9.17) is 11.6 Å². The van der Waals surface area contributed by atoms with Crippen LogP contribution in [-0.2, 0) is 21.1 Å². The Morgan fingerprint density at radius 1 is 1.17 bits per heavy atom. The molecule has 2 aromatic rings. The second kappa shape index (κ2) is 11.2. The second-order valence-corrected chi connectivity index (χ2v) is 10.2. The summed E-state index contributed by atoms with van der Waals surface area (Å²) in [7, 11) is -3.43. The van der Waals surface area contributed by atoms with E-state index in [1.807, 2.05) is 31.2 Å². The molecular weight excluding hydrogens is 492 g/mol. The molecule has 1 heterocycles. The first-order chi connectivity index (χ1) is 16.6. The maximum atomic E-state index is 12.6. The monoisotopic (exact) mass is 516 g/mol. The molecule has 0 saturated heterocycles. The number of carbonyl (C=O) groups excluding carboxylic acids is 2. The third kappa shape index (κ3) is 6.73. The van der Waals surface area contributed by atoms with Gasteiger partial charge >= 0.3 is 0 Å². The number of sulfone groups is 1. The summed E-state index contributed by atoms with van der Waals surface area (Å²) in [6.07, 6.45) is 3.46. The number of aryl methyl sites for hydroxylation is 1. The van der Waals surface area contributed by atoms with Crippen LogP contribution in [0.2, 0.25) is 5.02 Å². The minimum Gasteiger partial charge on any atom is -0.350 e. The van der Waals surface area contributed by atoms with Crippen molar-refractivity contribution in [2.45, 2.75) is 24.3 Å². The van der Waals surface area contributed by atoms with E-state index in [0.717, 1.165) is 18.2 Å². The number of hydrogen-bond donors (Lipinski definition) is 4. The number of halogens is 1. The SMILES string of the molecule is CCc1ccc(C(C#N)NC(=O)C2=CN(CCNC(=O)c3ccc(S(C)(=O)=O)cc3Cl)NN2)cc1. The van der Waals surface area contributed by atoms with Crippen molar-refractivity contribution in [1.82, 2.24) is 26.6 Å². The normalized spacial score (nSPS) is 13.9. The van der Waals surface area contributed by atoms with Crippen molar-refractivity contribution in [3.8, 4) is 6.07 Å². The summed E-state index contributed by atoms with van der Waals surface area (Å²) in [6.45, 7) is 2.54. The first-order valence-electron chi connectivity index (χ1n) is 10.7. The largest absolute Gasteiger partial charge is 0.350 e. The smallest absolute Gasteiger partial charge is 0.271 e. The van der Waals surface area contributed by atoms with Gasteiger partial charge in [-0.1, -0.05) is 42.8 Å². The molecule has 10 nitrogen and oxygen atoms in total. The van der Waals surface area contributed by atoms with Crippen molar-refractivity contribution < 1.29 is 18.0 Å². The molecule has 3 rings (SSSR count). The molecule has 1 aliphatic rings. The van der Waals surface area contributed by atoms with Crippen molar-refractivity contribution in [2.24, 2.45) is 0 Å². The van der Waals surface area contributed by atoms with Crippen LogP contribution in [0, 0.1) is 11.3 Å². The predicted molar refractivity (Wildman–Crippen MR) is 130 cm³/mol. The van der Waals surface area contributed by atoms with E-state index in [2.05, 4.69) is 27.7 Å². The Morgan fingerprint density at radius 3 is 2.49 bits per heavy atom. The lowest BCUT2D eigenvalue weighted by atomic mass is 10.0. The van der Waals surface area contributed by atoms with E-state index in [1.54, 1.807) is 5.01 Å². The highest BCUT2D eigenvalue weighted by Crippen LogP contribution is 2.21. The van der Waals surface area contributed by atoms with Gasteiger partial charge in [0, 0.05) is 19.0 Å². The molecule has 0 bridgehead atoms. The highest BCUT2D eigenvalue weighted by atomic mass is 35.5. The number of carbonyl (C=O) groups is 2. The van der Waals surface area contributed by atoms with Crippen LogP contribution in [-0.4, -0.2) is 44.6 Å². The molecule has 0 fully saturated rings. The van der Waals surface area contributed by atoms with E-state index < -0.39 is 27.7 Å². The van der Waals surface area contributed by atoms with Gasteiger partial charge in [-0.3, -0.25) is 20.0 Å². The summed E-state index contributed by atoms with van der Waals surface area (Å²) in [5.41, 5.74) is 7.70. The van der Waals surface area contributed by atoms with E-state index >= 15 is 0 Å². The van der Waals surface area contributed by atoms with Gasteiger partial charge in [0.25, 0.3) is 11.8 Å². The summed E-state index contributed by atoms with van der Waals surface area (Å²) in [4.78, 5) is 25.0. The number of hydrazine groups is 2. The molecule has 12 heteroatoms. The molecule has 4 N–H and O–H groups in total. The van der Waals surface area contributed by atoms with Gasteiger partial charge in [-0.15, -0.1) is 5.53 Å². The fourth-order valence-corrected chi connectivity index (χ4v) is 4.21. The molecule has 2 aromatic carbocycles. The topological polar surface area (TPSA) is 143 Å². The molecule has 0 saturated carbocycles. The van der Waals surface area contributed by atoms with E-state index in [1.165, 1.54) is 24.4 Å². The number of nitrogens with zero attached hydrogens (tertiary/aromatic N) is 2. The van der Waals surface area contributed by atoms with Gasteiger partial charge in [0.15, 0.2) is 9.84 Å².